The average Bonchev–Trinajstić information content (AvgIpc) is 3.20. The van der Waals surface area contributed by atoms with E-state index in [1.165, 1.54) is 29.2 Å². The molecule has 0 fully saturated rings. The number of carbonyl (C=O) groups excluding carboxylic acids is 1. The van der Waals surface area contributed by atoms with Crippen molar-refractivity contribution in [2.24, 2.45) is 0 Å². The van der Waals surface area contributed by atoms with Gasteiger partial charge in [0.15, 0.2) is 0 Å². The van der Waals surface area contributed by atoms with Gasteiger partial charge in [0.2, 0.25) is 0 Å². The van der Waals surface area contributed by atoms with Gasteiger partial charge < -0.3 is 0 Å². The predicted octanol–water partition coefficient (Wildman–Crippen LogP) is 0.897. The van der Waals surface area contributed by atoms with Crippen molar-refractivity contribution in [3.8, 4) is 5.69 Å². The Labute approximate surface area is 149 Å². The molecule has 0 spiro atoms. The van der Waals surface area contributed by atoms with E-state index in [0.29, 0.717) is 5.69 Å². The van der Waals surface area contributed by atoms with Crippen LogP contribution in [0.4, 0.5) is 0 Å². The highest BCUT2D eigenvalue weighted by Gasteiger charge is 2.10. The Morgan fingerprint density at radius 2 is 1.77 bits per heavy atom. The molecule has 2 aromatic carbocycles. The molecule has 0 unspecified atom stereocenters. The highest BCUT2D eigenvalue weighted by molar-refractivity contribution is 7.92. The fourth-order valence-corrected chi connectivity index (χ4v) is 2.64. The largest absolute Gasteiger partial charge is 0.274 e. The number of nitrogens with zero attached hydrogens (tertiary/aromatic N) is 4. The number of hydrazine groups is 1. The summed E-state index contributed by atoms with van der Waals surface area (Å²) in [5.41, 5.74) is 3.82. The molecule has 1 heterocycles. The number of benzene rings is 2. The molecule has 1 aromatic heterocycles. The van der Waals surface area contributed by atoms with Crippen LogP contribution < -0.4 is 10.3 Å². The second-order valence-corrected chi connectivity index (χ2v) is 6.68. The van der Waals surface area contributed by atoms with Crippen molar-refractivity contribution in [3.05, 3.63) is 77.5 Å². The number of hydrogen-bond acceptors (Lipinski definition) is 6. The minimum atomic E-state index is -3.82. The third-order valence-electron chi connectivity index (χ3n) is 3.29. The second-order valence-electron chi connectivity index (χ2n) is 5.12. The van der Waals surface area contributed by atoms with Gasteiger partial charge in [0.1, 0.15) is 6.33 Å². The molecule has 0 aliphatic rings. The van der Waals surface area contributed by atoms with Crippen molar-refractivity contribution in [1.82, 2.24) is 30.5 Å². The molecule has 0 bridgehead atoms. The van der Waals surface area contributed by atoms with E-state index in [-0.39, 0.29) is 5.56 Å². The Bertz CT molecular complexity index is 1000. The molecule has 3 rings (SSSR count). The summed E-state index contributed by atoms with van der Waals surface area (Å²) >= 11 is 0. The molecule has 1 amide bonds. The normalized spacial score (nSPS) is 11.5. The van der Waals surface area contributed by atoms with Crippen molar-refractivity contribution in [3.63, 3.8) is 0 Å². The van der Waals surface area contributed by atoms with E-state index in [2.05, 4.69) is 21.0 Å². The van der Waals surface area contributed by atoms with E-state index >= 15 is 0 Å². The van der Waals surface area contributed by atoms with Crippen molar-refractivity contribution < 1.29 is 13.2 Å². The van der Waals surface area contributed by atoms with Gasteiger partial charge in [-0.15, -0.1) is 9.93 Å². The maximum Gasteiger partial charge on any atom is 0.266 e. The smallest absolute Gasteiger partial charge is 0.266 e. The van der Waals surface area contributed by atoms with Crippen LogP contribution >= 0.6 is 0 Å². The van der Waals surface area contributed by atoms with Crippen LogP contribution in [0, 0.1) is 0 Å². The Balaban J connectivity index is 1.60. The number of aromatic nitrogens is 4. The predicted molar refractivity (Wildman–Crippen MR) is 94.2 cm³/mol. The molecule has 0 aliphatic heterocycles. The van der Waals surface area contributed by atoms with E-state index in [1.807, 2.05) is 10.9 Å². The summed E-state index contributed by atoms with van der Waals surface area (Å²) in [4.78, 5) is 14.1. The molecule has 0 saturated heterocycles. The monoisotopic (exact) mass is 370 g/mol. The van der Waals surface area contributed by atoms with Crippen molar-refractivity contribution in [2.75, 3.05) is 0 Å². The molecule has 2 N–H and O–H groups in total. The lowest BCUT2D eigenvalue weighted by Gasteiger charge is -2.06. The molecular weight excluding hydrogens is 356 g/mol. The first-order valence-corrected chi connectivity index (χ1v) is 8.97. The molecule has 3 aromatic rings. The van der Waals surface area contributed by atoms with Gasteiger partial charge in [0.05, 0.1) is 5.69 Å². The number of nitrogens with one attached hydrogen (secondary N) is 2. The third kappa shape index (κ3) is 4.59. The van der Waals surface area contributed by atoms with Crippen LogP contribution in [0.25, 0.3) is 11.8 Å². The van der Waals surface area contributed by atoms with Gasteiger partial charge in [-0.2, -0.15) is 0 Å². The molecule has 0 radical (unpaired) electrons. The summed E-state index contributed by atoms with van der Waals surface area (Å²) in [7, 11) is -3.82. The van der Waals surface area contributed by atoms with E-state index in [0.717, 1.165) is 11.0 Å². The number of carbonyl (C=O) groups is 1. The lowest BCUT2D eigenvalue weighted by Crippen LogP contribution is -2.40. The Hall–Kier alpha value is -3.37. The number of tetrazole rings is 1. The summed E-state index contributed by atoms with van der Waals surface area (Å²) < 4.78 is 25.3. The first-order valence-electron chi connectivity index (χ1n) is 7.42. The quantitative estimate of drug-likeness (QED) is 0.622. The van der Waals surface area contributed by atoms with E-state index in [4.69, 9.17) is 0 Å². The van der Waals surface area contributed by atoms with Crippen LogP contribution in [0.3, 0.4) is 0 Å². The SMILES string of the molecule is O=C(NNS(=O)(=O)/C=C/c1ccccc1)c1ccc(-n2cnnn2)cc1. The van der Waals surface area contributed by atoms with Crippen LogP contribution in [0.15, 0.2) is 66.3 Å². The average molecular weight is 370 g/mol. The van der Waals surface area contributed by atoms with Gasteiger partial charge in [-0.25, -0.2) is 13.1 Å². The van der Waals surface area contributed by atoms with Gasteiger partial charge in [0, 0.05) is 11.0 Å². The summed E-state index contributed by atoms with van der Waals surface area (Å²) in [6.45, 7) is 0. The highest BCUT2D eigenvalue weighted by Crippen LogP contribution is 2.07. The lowest BCUT2D eigenvalue weighted by atomic mass is 10.2. The molecule has 10 heteroatoms. The van der Waals surface area contributed by atoms with Crippen LogP contribution in [0.2, 0.25) is 0 Å². The van der Waals surface area contributed by atoms with Gasteiger partial charge >= 0.3 is 0 Å². The highest BCUT2D eigenvalue weighted by atomic mass is 32.2. The number of amides is 1. The minimum absolute atomic E-state index is 0.275. The van der Waals surface area contributed by atoms with Crippen molar-refractivity contribution in [1.29, 1.82) is 0 Å². The fraction of sp³-hybridized carbons (Fsp3) is 0. The summed E-state index contributed by atoms with van der Waals surface area (Å²) in [5, 5.41) is 11.8. The first kappa shape index (κ1) is 17.5. The van der Waals surface area contributed by atoms with E-state index in [1.54, 1.807) is 36.4 Å². The maximum absolute atomic E-state index is 12.1. The lowest BCUT2D eigenvalue weighted by molar-refractivity contribution is 0.0945. The Morgan fingerprint density at radius 3 is 2.42 bits per heavy atom. The van der Waals surface area contributed by atoms with Crippen LogP contribution in [0.1, 0.15) is 15.9 Å². The molecule has 132 valence electrons. The minimum Gasteiger partial charge on any atom is -0.274 e. The van der Waals surface area contributed by atoms with Gasteiger partial charge in [-0.05, 0) is 46.3 Å². The first-order chi connectivity index (χ1) is 12.5. The zero-order valence-corrected chi connectivity index (χ0v) is 14.2. The van der Waals surface area contributed by atoms with Crippen LogP contribution in [0.5, 0.6) is 0 Å². The molecule has 0 aliphatic carbocycles. The summed E-state index contributed by atoms with van der Waals surface area (Å²) in [6.07, 6.45) is 2.84. The zero-order valence-electron chi connectivity index (χ0n) is 13.4. The van der Waals surface area contributed by atoms with Crippen LogP contribution in [-0.4, -0.2) is 34.5 Å². The van der Waals surface area contributed by atoms with Gasteiger partial charge in [-0.3, -0.25) is 10.2 Å². The molecule has 9 nitrogen and oxygen atoms in total. The summed E-state index contributed by atoms with van der Waals surface area (Å²) in [6, 6.07) is 15.3. The molecule has 0 saturated carbocycles. The molecule has 0 atom stereocenters. The van der Waals surface area contributed by atoms with E-state index < -0.39 is 15.9 Å². The van der Waals surface area contributed by atoms with Crippen LogP contribution in [-0.2, 0) is 10.0 Å². The zero-order chi connectivity index (χ0) is 18.4. The summed E-state index contributed by atoms with van der Waals surface area (Å²) in [5.74, 6) is -0.593. The Kier molecular flexibility index (Phi) is 5.15. The number of hydrogen-bond donors (Lipinski definition) is 2. The van der Waals surface area contributed by atoms with Gasteiger partial charge in [-0.1, -0.05) is 30.3 Å². The number of sulfonamides is 1. The molecular formula is C16H14N6O3S. The molecule has 26 heavy (non-hydrogen) atoms. The third-order valence-corrected chi connectivity index (χ3v) is 4.17. The Morgan fingerprint density at radius 1 is 1.04 bits per heavy atom. The topological polar surface area (TPSA) is 119 Å². The maximum atomic E-state index is 12.1. The van der Waals surface area contributed by atoms with Crippen molar-refractivity contribution in [2.45, 2.75) is 0 Å². The van der Waals surface area contributed by atoms with Gasteiger partial charge in [0.25, 0.3) is 15.9 Å². The number of rotatable bonds is 6. The van der Waals surface area contributed by atoms with E-state index in [9.17, 15) is 13.2 Å². The van der Waals surface area contributed by atoms with Crippen molar-refractivity contribution >= 4 is 22.0 Å². The standard InChI is InChI=1S/C16H14N6O3S/c23-16(14-6-8-15(9-7-14)22-12-17-19-20-22)18-21-26(24,25)11-10-13-4-2-1-3-5-13/h1-12,21H,(H,18,23)/b11-10+. The second kappa shape index (κ2) is 7.68. The fourth-order valence-electron chi connectivity index (χ4n) is 2.00.